The average Bonchev–Trinajstić information content (AvgIpc) is 3.38. The molecule has 2 aromatic carbocycles. The van der Waals surface area contributed by atoms with Gasteiger partial charge in [0.1, 0.15) is 23.6 Å². The van der Waals surface area contributed by atoms with Crippen LogP contribution in [0.4, 0.5) is 10.2 Å². The molecule has 1 saturated heterocycles. The first-order valence-electron chi connectivity index (χ1n) is 13.9. The van der Waals surface area contributed by atoms with Crippen LogP contribution in [0.1, 0.15) is 31.7 Å². The standard InChI is InChI=1S/C29H30Cl3FN6.H3NO2S/c1-37-10-12-38(13-11-37)18-3-5-19(6-4-18)39-15-22(25-28(34)35-16-36-29(25)39)17-2-7-20(24(33)14-17)21-8-9-23(30)27(32)26(21)31;1-4(2)3/h2,7-9,14-16,18-19H,3-6,10-13H2,1H3,(H2,34,35,36);4H,(H2,1,2,3). The van der Waals surface area contributed by atoms with Crippen molar-refractivity contribution >= 4 is 62.5 Å². The van der Waals surface area contributed by atoms with Crippen LogP contribution >= 0.6 is 34.8 Å². The van der Waals surface area contributed by atoms with Crippen LogP contribution in [0.25, 0.3) is 33.3 Å². The summed E-state index contributed by atoms with van der Waals surface area (Å²) in [6.45, 7) is 4.55. The second-order valence-corrected chi connectivity index (χ2v) is 12.6. The number of thiol groups is 1. The summed E-state index contributed by atoms with van der Waals surface area (Å²) in [4.78, 5) is 13.9. The highest BCUT2D eigenvalue weighted by Gasteiger charge is 2.30. The summed E-state index contributed by atoms with van der Waals surface area (Å²) in [5, 5.41) is 5.56. The highest BCUT2D eigenvalue weighted by atomic mass is 35.5. The van der Waals surface area contributed by atoms with Crippen molar-refractivity contribution in [2.24, 2.45) is 5.14 Å². The van der Waals surface area contributed by atoms with E-state index in [0.717, 1.165) is 68.5 Å². The predicted octanol–water partition coefficient (Wildman–Crippen LogP) is 5.65. The molecule has 1 aliphatic carbocycles. The zero-order chi connectivity index (χ0) is 30.8. The second-order valence-electron chi connectivity index (χ2n) is 10.9. The van der Waals surface area contributed by atoms with Crippen molar-refractivity contribution in [1.82, 2.24) is 24.3 Å². The normalized spacial score (nSPS) is 19.9. The number of aromatic nitrogens is 3. The van der Waals surface area contributed by atoms with Gasteiger partial charge in [0.25, 0.3) is 0 Å². The van der Waals surface area contributed by atoms with E-state index in [4.69, 9.17) is 49.0 Å². The van der Waals surface area contributed by atoms with Crippen LogP contribution < -0.4 is 10.9 Å². The molecule has 14 heteroatoms. The molecule has 0 bridgehead atoms. The maximum absolute atomic E-state index is 15.5. The third kappa shape index (κ3) is 6.93. The molecule has 43 heavy (non-hydrogen) atoms. The Hall–Kier alpha value is -2.51. The zero-order valence-electron chi connectivity index (χ0n) is 23.5. The van der Waals surface area contributed by atoms with Crippen molar-refractivity contribution in [2.45, 2.75) is 37.8 Å². The average molecular weight is 669 g/mol. The third-order valence-electron chi connectivity index (χ3n) is 8.36. The molecule has 1 saturated carbocycles. The maximum Gasteiger partial charge on any atom is 0.198 e. The molecule has 0 spiro atoms. The van der Waals surface area contributed by atoms with Crippen LogP contribution in [-0.2, 0) is 10.9 Å². The fraction of sp³-hybridized carbons (Fsp3) is 0.379. The van der Waals surface area contributed by atoms with Gasteiger partial charge in [0.15, 0.2) is 10.9 Å². The minimum Gasteiger partial charge on any atom is -0.383 e. The molecule has 1 aliphatic heterocycles. The van der Waals surface area contributed by atoms with Crippen molar-refractivity contribution in [1.29, 1.82) is 0 Å². The van der Waals surface area contributed by atoms with E-state index in [0.29, 0.717) is 39.6 Å². The van der Waals surface area contributed by atoms with Crippen molar-refractivity contribution < 1.29 is 12.8 Å². The van der Waals surface area contributed by atoms with Crippen molar-refractivity contribution in [3.05, 3.63) is 63.7 Å². The lowest BCUT2D eigenvalue weighted by Gasteiger charge is -2.41. The lowest BCUT2D eigenvalue weighted by molar-refractivity contribution is 0.0828. The number of benzene rings is 2. The highest BCUT2D eigenvalue weighted by Crippen LogP contribution is 2.42. The Morgan fingerprint density at radius 3 is 2.16 bits per heavy atom. The summed E-state index contributed by atoms with van der Waals surface area (Å²) in [7, 11) is -0.428. The SMILES string of the molecule is CN1CCN(C2CCC(n3cc(-c4ccc(-c5ccc(Cl)c(Cl)c5Cl)c(F)c4)c4c(N)ncnc43)CC2)CC1.N[SH](=O)=O. The molecule has 0 unspecified atom stereocenters. The molecular formula is C29H33Cl3FN7O2S. The van der Waals surface area contributed by atoms with E-state index >= 15 is 4.39 Å². The largest absolute Gasteiger partial charge is 0.383 e. The Kier molecular flexibility index (Phi) is 10.1. The van der Waals surface area contributed by atoms with Crippen molar-refractivity contribution in [3.8, 4) is 22.3 Å². The van der Waals surface area contributed by atoms with E-state index in [2.05, 4.69) is 42.7 Å². The Morgan fingerprint density at radius 1 is 0.884 bits per heavy atom. The molecule has 2 fully saturated rings. The van der Waals surface area contributed by atoms with E-state index in [9.17, 15) is 0 Å². The van der Waals surface area contributed by atoms with Gasteiger partial charge in [0, 0.05) is 61.1 Å². The molecule has 0 radical (unpaired) electrons. The predicted molar refractivity (Wildman–Crippen MR) is 173 cm³/mol. The summed E-state index contributed by atoms with van der Waals surface area (Å²) in [6.07, 6.45) is 8.00. The quantitative estimate of drug-likeness (QED) is 0.190. The van der Waals surface area contributed by atoms with Gasteiger partial charge in [0.2, 0.25) is 0 Å². The first kappa shape index (κ1) is 31.9. The minimum atomic E-state index is -2.62. The first-order chi connectivity index (χ1) is 20.5. The summed E-state index contributed by atoms with van der Waals surface area (Å²) in [5.74, 6) is -0.0336. The number of nitrogens with zero attached hydrogens (tertiary/aromatic N) is 5. The smallest absolute Gasteiger partial charge is 0.198 e. The zero-order valence-corrected chi connectivity index (χ0v) is 26.7. The Balaban J connectivity index is 0.000000868. The molecule has 0 amide bonds. The maximum atomic E-state index is 15.5. The van der Waals surface area contributed by atoms with Crippen molar-refractivity contribution in [2.75, 3.05) is 39.0 Å². The number of likely N-dealkylation sites (N-methyl/N-ethyl adjacent to an activating group) is 1. The number of anilines is 1. The van der Waals surface area contributed by atoms with E-state index < -0.39 is 16.7 Å². The summed E-state index contributed by atoms with van der Waals surface area (Å²) in [5.41, 5.74) is 9.50. The van der Waals surface area contributed by atoms with Crippen LogP contribution in [0.5, 0.6) is 0 Å². The lowest BCUT2D eigenvalue weighted by atomic mass is 9.89. The van der Waals surface area contributed by atoms with Gasteiger partial charge in [-0.1, -0.05) is 53.0 Å². The molecule has 2 aliphatic rings. The monoisotopic (exact) mass is 667 g/mol. The van der Waals surface area contributed by atoms with Gasteiger partial charge in [-0.2, -0.15) is 0 Å². The van der Waals surface area contributed by atoms with Gasteiger partial charge in [-0.05, 0) is 50.4 Å². The van der Waals surface area contributed by atoms with E-state index in [1.165, 1.54) is 12.4 Å². The fourth-order valence-corrected chi connectivity index (χ4v) is 6.77. The molecule has 4 N–H and O–H groups in total. The number of fused-ring (bicyclic) bond motifs is 1. The van der Waals surface area contributed by atoms with Gasteiger partial charge >= 0.3 is 0 Å². The second kappa shape index (κ2) is 13.6. The number of hydrogen-bond donors (Lipinski definition) is 3. The lowest BCUT2D eigenvalue weighted by Crippen LogP contribution is -2.49. The minimum absolute atomic E-state index is 0.203. The molecule has 6 rings (SSSR count). The summed E-state index contributed by atoms with van der Waals surface area (Å²) in [6, 6.07) is 9.30. The fourth-order valence-electron chi connectivity index (χ4n) is 6.13. The number of nitrogens with two attached hydrogens (primary N) is 2. The number of piperazine rings is 1. The van der Waals surface area contributed by atoms with Gasteiger partial charge in [-0.25, -0.2) is 27.9 Å². The van der Waals surface area contributed by atoms with Gasteiger partial charge < -0.3 is 15.2 Å². The molecule has 9 nitrogen and oxygen atoms in total. The van der Waals surface area contributed by atoms with Gasteiger partial charge in [-0.15, -0.1) is 0 Å². The number of halogens is 4. The summed E-state index contributed by atoms with van der Waals surface area (Å²) < 4.78 is 35.4. The third-order valence-corrected chi connectivity index (χ3v) is 9.65. The number of nitrogen functional groups attached to an aromatic ring is 1. The Labute approximate surface area is 266 Å². The Morgan fingerprint density at radius 2 is 1.51 bits per heavy atom. The van der Waals surface area contributed by atoms with Crippen molar-refractivity contribution in [3.63, 3.8) is 0 Å². The van der Waals surface area contributed by atoms with Crippen LogP contribution in [0.3, 0.4) is 0 Å². The topological polar surface area (TPSA) is 123 Å². The molecule has 0 atom stereocenters. The molecule has 4 aromatic rings. The number of rotatable bonds is 4. The van der Waals surface area contributed by atoms with Gasteiger partial charge in [-0.3, -0.25) is 4.90 Å². The van der Waals surface area contributed by atoms with Crippen LogP contribution in [-0.4, -0.2) is 72.0 Å². The number of hydrogen-bond acceptors (Lipinski definition) is 7. The Bertz CT molecular complexity index is 1690. The van der Waals surface area contributed by atoms with Gasteiger partial charge in [0.05, 0.1) is 20.5 Å². The van der Waals surface area contributed by atoms with E-state index in [-0.39, 0.29) is 10.0 Å². The summed E-state index contributed by atoms with van der Waals surface area (Å²) >= 11 is 18.7. The van der Waals surface area contributed by atoms with E-state index in [1.807, 2.05) is 6.07 Å². The van der Waals surface area contributed by atoms with Crippen LogP contribution in [0, 0.1) is 5.82 Å². The molecule has 3 heterocycles. The first-order valence-corrected chi connectivity index (χ1v) is 16.3. The highest BCUT2D eigenvalue weighted by molar-refractivity contribution is 7.69. The molecular weight excluding hydrogens is 636 g/mol. The molecule has 2 aromatic heterocycles. The molecule has 230 valence electrons. The van der Waals surface area contributed by atoms with Crippen LogP contribution in [0.2, 0.25) is 15.1 Å². The van der Waals surface area contributed by atoms with E-state index in [1.54, 1.807) is 18.2 Å². The van der Waals surface area contributed by atoms with Crippen LogP contribution in [0.15, 0.2) is 42.9 Å².